The van der Waals surface area contributed by atoms with E-state index in [2.05, 4.69) is 10.3 Å². The molecule has 0 aliphatic rings. The van der Waals surface area contributed by atoms with Crippen LogP contribution in [0.25, 0.3) is 0 Å². The number of aromatic nitrogens is 1. The number of hydrogen-bond acceptors (Lipinski definition) is 3. The van der Waals surface area contributed by atoms with Gasteiger partial charge in [0.1, 0.15) is 5.69 Å². The van der Waals surface area contributed by atoms with E-state index in [1.807, 2.05) is 37.2 Å². The van der Waals surface area contributed by atoms with E-state index >= 15 is 0 Å². The average Bonchev–Trinajstić information content (AvgIpc) is 2.55. The molecule has 8 heteroatoms. The van der Waals surface area contributed by atoms with Crippen LogP contribution in [0.1, 0.15) is 33.4 Å². The lowest BCUT2D eigenvalue weighted by atomic mass is 10.1. The van der Waals surface area contributed by atoms with Gasteiger partial charge in [0.2, 0.25) is 0 Å². The maximum atomic E-state index is 12.7. The van der Waals surface area contributed by atoms with Gasteiger partial charge in [-0.25, -0.2) is 4.98 Å². The first-order chi connectivity index (χ1) is 12.1. The lowest BCUT2D eigenvalue weighted by molar-refractivity contribution is -0.141. The van der Waals surface area contributed by atoms with Crippen LogP contribution in [0.3, 0.4) is 0 Å². The Balaban J connectivity index is 2.15. The van der Waals surface area contributed by atoms with E-state index in [1.54, 1.807) is 6.07 Å². The maximum Gasteiger partial charge on any atom is 0.433 e. The molecule has 0 radical (unpaired) electrons. The van der Waals surface area contributed by atoms with Gasteiger partial charge in [-0.15, -0.1) is 0 Å². The van der Waals surface area contributed by atoms with Crippen LogP contribution in [-0.2, 0) is 6.18 Å². The Bertz CT molecular complexity index is 793. The molecule has 0 spiro atoms. The predicted molar refractivity (Wildman–Crippen MR) is 94.2 cm³/mol. The number of amides is 1. The molecule has 0 aliphatic carbocycles. The highest BCUT2D eigenvalue weighted by molar-refractivity contribution is 6.31. The normalized spacial score (nSPS) is 12.9. The number of alkyl halides is 3. The van der Waals surface area contributed by atoms with Crippen molar-refractivity contribution in [1.82, 2.24) is 15.2 Å². The van der Waals surface area contributed by atoms with E-state index in [0.29, 0.717) is 5.02 Å². The molecular weight excluding hydrogens is 367 g/mol. The number of rotatable bonds is 5. The van der Waals surface area contributed by atoms with Gasteiger partial charge >= 0.3 is 6.18 Å². The molecule has 2 rings (SSSR count). The van der Waals surface area contributed by atoms with Crippen LogP contribution in [0.5, 0.6) is 0 Å². The standard InChI is InChI=1S/C18H19ClF3N3O/c1-11-12(8-9-16(24-11)18(20,21)22)17(26)23-10-15(25(2)3)13-6-4-5-7-14(13)19/h4-9,15H,10H2,1-3H3,(H,23,26). The molecule has 0 bridgehead atoms. The van der Waals surface area contributed by atoms with Crippen LogP contribution in [0.2, 0.25) is 5.02 Å². The van der Waals surface area contributed by atoms with Crippen LogP contribution in [0.4, 0.5) is 13.2 Å². The van der Waals surface area contributed by atoms with Gasteiger partial charge in [0.05, 0.1) is 17.3 Å². The minimum absolute atomic E-state index is 0.0245. The lowest BCUT2D eigenvalue weighted by Crippen LogP contribution is -2.35. The Morgan fingerprint density at radius 1 is 1.23 bits per heavy atom. The monoisotopic (exact) mass is 385 g/mol. The molecular formula is C18H19ClF3N3O. The first kappa shape index (κ1) is 20.2. The molecule has 0 saturated carbocycles. The van der Waals surface area contributed by atoms with Crippen molar-refractivity contribution in [3.63, 3.8) is 0 Å². The van der Waals surface area contributed by atoms with Gasteiger partial charge in [0, 0.05) is 11.6 Å². The molecule has 0 fully saturated rings. The highest BCUT2D eigenvalue weighted by Crippen LogP contribution is 2.28. The van der Waals surface area contributed by atoms with Gasteiger partial charge in [0.15, 0.2) is 0 Å². The number of aryl methyl sites for hydroxylation is 1. The second kappa shape index (κ2) is 8.05. The zero-order chi connectivity index (χ0) is 19.5. The number of likely N-dealkylation sites (N-methyl/N-ethyl adjacent to an activating group) is 1. The summed E-state index contributed by atoms with van der Waals surface area (Å²) in [5, 5.41) is 3.32. The van der Waals surface area contributed by atoms with Crippen molar-refractivity contribution in [3.05, 3.63) is 63.9 Å². The van der Waals surface area contributed by atoms with Gasteiger partial charge in [0.25, 0.3) is 5.91 Å². The SMILES string of the molecule is Cc1nc(C(F)(F)F)ccc1C(=O)NCC(c1ccccc1Cl)N(C)C. The topological polar surface area (TPSA) is 45.2 Å². The van der Waals surface area contributed by atoms with Crippen molar-refractivity contribution in [1.29, 1.82) is 0 Å². The smallest absolute Gasteiger partial charge is 0.350 e. The second-order valence-corrected chi connectivity index (χ2v) is 6.45. The van der Waals surface area contributed by atoms with Crippen molar-refractivity contribution in [2.24, 2.45) is 0 Å². The first-order valence-corrected chi connectivity index (χ1v) is 8.23. The molecule has 2 aromatic rings. The van der Waals surface area contributed by atoms with Crippen LogP contribution >= 0.6 is 11.6 Å². The van der Waals surface area contributed by atoms with Crippen LogP contribution in [-0.4, -0.2) is 36.4 Å². The Morgan fingerprint density at radius 2 is 1.88 bits per heavy atom. The highest BCUT2D eigenvalue weighted by Gasteiger charge is 2.33. The summed E-state index contributed by atoms with van der Waals surface area (Å²) in [6, 6.07) is 9.05. The third-order valence-corrected chi connectivity index (χ3v) is 4.31. The fraction of sp³-hybridized carbons (Fsp3) is 0.333. The Kier molecular flexibility index (Phi) is 6.26. The molecule has 1 amide bonds. The molecule has 1 atom stereocenters. The van der Waals surface area contributed by atoms with E-state index < -0.39 is 17.8 Å². The number of pyridine rings is 1. The summed E-state index contributed by atoms with van der Waals surface area (Å²) in [6.07, 6.45) is -4.54. The second-order valence-electron chi connectivity index (χ2n) is 6.04. The van der Waals surface area contributed by atoms with Crippen molar-refractivity contribution < 1.29 is 18.0 Å². The zero-order valence-corrected chi connectivity index (χ0v) is 15.3. The zero-order valence-electron chi connectivity index (χ0n) is 14.6. The number of halogens is 4. The van der Waals surface area contributed by atoms with Gasteiger partial charge in [-0.05, 0) is 44.8 Å². The quantitative estimate of drug-likeness (QED) is 0.843. The van der Waals surface area contributed by atoms with Crippen molar-refractivity contribution >= 4 is 17.5 Å². The van der Waals surface area contributed by atoms with E-state index in [4.69, 9.17) is 11.6 Å². The van der Waals surface area contributed by atoms with Crippen molar-refractivity contribution in [2.45, 2.75) is 19.1 Å². The summed E-state index contributed by atoms with van der Waals surface area (Å²) in [4.78, 5) is 17.8. The molecule has 1 aromatic heterocycles. The van der Waals surface area contributed by atoms with Gasteiger partial charge < -0.3 is 10.2 Å². The average molecular weight is 386 g/mol. The number of carbonyl (C=O) groups is 1. The number of hydrogen-bond donors (Lipinski definition) is 1. The molecule has 0 aliphatic heterocycles. The molecule has 1 heterocycles. The largest absolute Gasteiger partial charge is 0.433 e. The number of nitrogens with zero attached hydrogens (tertiary/aromatic N) is 2. The minimum atomic E-state index is -4.54. The molecule has 140 valence electrons. The first-order valence-electron chi connectivity index (χ1n) is 7.85. The van der Waals surface area contributed by atoms with Gasteiger partial charge in [-0.1, -0.05) is 29.8 Å². The number of carbonyl (C=O) groups excluding carboxylic acids is 1. The summed E-state index contributed by atoms with van der Waals surface area (Å²) in [7, 11) is 3.70. The lowest BCUT2D eigenvalue weighted by Gasteiger charge is -2.26. The molecule has 4 nitrogen and oxygen atoms in total. The van der Waals surface area contributed by atoms with E-state index in [-0.39, 0.29) is 23.8 Å². The Morgan fingerprint density at radius 3 is 2.42 bits per heavy atom. The van der Waals surface area contributed by atoms with Crippen molar-refractivity contribution in [2.75, 3.05) is 20.6 Å². The van der Waals surface area contributed by atoms with Gasteiger partial charge in [-0.3, -0.25) is 4.79 Å². The summed E-state index contributed by atoms with van der Waals surface area (Å²) < 4.78 is 38.1. The third kappa shape index (κ3) is 4.74. The van der Waals surface area contributed by atoms with E-state index in [9.17, 15) is 18.0 Å². The van der Waals surface area contributed by atoms with Crippen LogP contribution < -0.4 is 5.32 Å². The number of benzene rings is 1. The maximum absolute atomic E-state index is 12.7. The Labute approximate surface area is 155 Å². The molecule has 1 N–H and O–H groups in total. The molecule has 26 heavy (non-hydrogen) atoms. The molecule has 1 aromatic carbocycles. The predicted octanol–water partition coefficient (Wildman–Crippen LogP) is 4.09. The molecule has 0 saturated heterocycles. The fourth-order valence-electron chi connectivity index (χ4n) is 2.56. The van der Waals surface area contributed by atoms with E-state index in [1.165, 1.54) is 6.92 Å². The summed E-state index contributed by atoms with van der Waals surface area (Å²) in [5.41, 5.74) is -0.0401. The Hall–Kier alpha value is -2.12. The summed E-state index contributed by atoms with van der Waals surface area (Å²) >= 11 is 6.22. The summed E-state index contributed by atoms with van der Waals surface area (Å²) in [6.45, 7) is 1.62. The van der Waals surface area contributed by atoms with Crippen molar-refractivity contribution in [3.8, 4) is 0 Å². The minimum Gasteiger partial charge on any atom is -0.350 e. The summed E-state index contributed by atoms with van der Waals surface area (Å²) in [5.74, 6) is -0.484. The molecule has 1 unspecified atom stereocenters. The van der Waals surface area contributed by atoms with Crippen LogP contribution in [0.15, 0.2) is 36.4 Å². The highest BCUT2D eigenvalue weighted by atomic mass is 35.5. The fourth-order valence-corrected chi connectivity index (χ4v) is 2.82. The third-order valence-electron chi connectivity index (χ3n) is 3.96. The van der Waals surface area contributed by atoms with Crippen LogP contribution in [0, 0.1) is 6.92 Å². The number of nitrogens with one attached hydrogen (secondary N) is 1. The van der Waals surface area contributed by atoms with Gasteiger partial charge in [-0.2, -0.15) is 13.2 Å². The van der Waals surface area contributed by atoms with E-state index in [0.717, 1.165) is 17.7 Å².